The van der Waals surface area contributed by atoms with E-state index in [1.807, 2.05) is 6.92 Å². The maximum Gasteiger partial charge on any atom is 0.274 e. The van der Waals surface area contributed by atoms with Crippen LogP contribution < -0.4 is 11.1 Å². The molecule has 8 nitrogen and oxygen atoms in total. The quantitative estimate of drug-likeness (QED) is 0.284. The molecule has 0 spiro atoms. The summed E-state index contributed by atoms with van der Waals surface area (Å²) in [4.78, 5) is 16.0. The maximum atomic E-state index is 12.0. The number of anilines is 1. The number of hydrogen-bond acceptors (Lipinski definition) is 5. The zero-order valence-electron chi connectivity index (χ0n) is 11.0. The molecule has 0 aliphatic rings. The van der Waals surface area contributed by atoms with Crippen molar-refractivity contribution >= 4 is 17.4 Å². The van der Waals surface area contributed by atoms with Crippen LogP contribution in [0.4, 0.5) is 5.69 Å². The molecular formula is C12H14N6O2. The number of oxime groups is 1. The molecule has 1 amide bonds. The van der Waals surface area contributed by atoms with E-state index in [0.29, 0.717) is 16.9 Å². The Kier molecular flexibility index (Phi) is 3.65. The highest BCUT2D eigenvalue weighted by Gasteiger charge is 2.13. The Hall–Kier alpha value is -2.90. The number of aryl methyl sites for hydroxylation is 2. The van der Waals surface area contributed by atoms with Crippen LogP contribution in [0.25, 0.3) is 0 Å². The van der Waals surface area contributed by atoms with E-state index >= 15 is 0 Å². The Morgan fingerprint density at radius 2 is 2.20 bits per heavy atom. The smallest absolute Gasteiger partial charge is 0.274 e. The molecule has 0 unspecified atom stereocenters. The van der Waals surface area contributed by atoms with Crippen molar-refractivity contribution in [3.05, 3.63) is 41.0 Å². The van der Waals surface area contributed by atoms with Gasteiger partial charge in [-0.1, -0.05) is 5.16 Å². The van der Waals surface area contributed by atoms with Gasteiger partial charge in [0.25, 0.3) is 5.91 Å². The number of nitrogens with one attached hydrogen (secondary N) is 2. The number of amides is 1. The summed E-state index contributed by atoms with van der Waals surface area (Å²) in [5.74, 6) is -0.422. The first-order valence-electron chi connectivity index (χ1n) is 5.79. The van der Waals surface area contributed by atoms with E-state index in [4.69, 9.17) is 10.9 Å². The highest BCUT2D eigenvalue weighted by molar-refractivity contribution is 6.04. The van der Waals surface area contributed by atoms with Crippen LogP contribution in [0.15, 0.2) is 23.5 Å². The van der Waals surface area contributed by atoms with Crippen LogP contribution in [0.3, 0.4) is 0 Å². The summed E-state index contributed by atoms with van der Waals surface area (Å²) in [5, 5.41) is 20.9. The molecule has 0 saturated heterocycles. The Morgan fingerprint density at radius 3 is 2.70 bits per heavy atom. The van der Waals surface area contributed by atoms with Gasteiger partial charge in [-0.2, -0.15) is 5.10 Å². The van der Waals surface area contributed by atoms with E-state index in [9.17, 15) is 4.79 Å². The average Bonchev–Trinajstić information content (AvgIpc) is 2.78. The SMILES string of the molecule is Cc1n[nH]c(C)c1NC(=O)c1ccc(C(N)=NO)cn1. The standard InChI is InChI=1S/C12H14N6O2/c1-6-10(7(2)17-16-6)15-12(19)9-4-3-8(5-14-9)11(13)18-20/h3-5,20H,1-2H3,(H2,13,18)(H,15,19)(H,16,17). The third kappa shape index (κ3) is 2.58. The van der Waals surface area contributed by atoms with Crippen molar-refractivity contribution in [2.75, 3.05) is 5.32 Å². The number of nitrogens with two attached hydrogens (primary N) is 1. The van der Waals surface area contributed by atoms with Gasteiger partial charge >= 0.3 is 0 Å². The molecule has 0 bridgehead atoms. The largest absolute Gasteiger partial charge is 0.409 e. The van der Waals surface area contributed by atoms with E-state index in [1.165, 1.54) is 12.3 Å². The van der Waals surface area contributed by atoms with Gasteiger partial charge in [0.05, 0.1) is 17.1 Å². The summed E-state index contributed by atoms with van der Waals surface area (Å²) in [6.45, 7) is 3.60. The highest BCUT2D eigenvalue weighted by atomic mass is 16.4. The van der Waals surface area contributed by atoms with Crippen molar-refractivity contribution in [1.29, 1.82) is 0 Å². The number of pyridine rings is 1. The molecule has 2 rings (SSSR count). The number of amidine groups is 1. The first kappa shape index (κ1) is 13.5. The van der Waals surface area contributed by atoms with Crippen LogP contribution in [0.1, 0.15) is 27.4 Å². The number of aromatic amines is 1. The predicted molar refractivity (Wildman–Crippen MR) is 72.8 cm³/mol. The van der Waals surface area contributed by atoms with Gasteiger partial charge in [0, 0.05) is 11.8 Å². The Bertz CT molecular complexity index is 640. The van der Waals surface area contributed by atoms with Crippen molar-refractivity contribution in [3.8, 4) is 0 Å². The minimum absolute atomic E-state index is 0.0639. The number of aromatic nitrogens is 3. The van der Waals surface area contributed by atoms with Crippen molar-refractivity contribution in [1.82, 2.24) is 15.2 Å². The summed E-state index contributed by atoms with van der Waals surface area (Å²) in [7, 11) is 0. The van der Waals surface area contributed by atoms with E-state index in [1.54, 1.807) is 13.0 Å². The first-order valence-corrected chi connectivity index (χ1v) is 5.79. The second-order valence-corrected chi connectivity index (χ2v) is 4.18. The lowest BCUT2D eigenvalue weighted by molar-refractivity contribution is 0.102. The number of hydrogen-bond donors (Lipinski definition) is 4. The summed E-state index contributed by atoms with van der Waals surface area (Å²) in [5.41, 5.74) is 8.17. The van der Waals surface area contributed by atoms with Crippen LogP contribution in [0.2, 0.25) is 0 Å². The molecular weight excluding hydrogens is 260 g/mol. The van der Waals surface area contributed by atoms with Crippen LogP contribution >= 0.6 is 0 Å². The number of carbonyl (C=O) groups is 1. The van der Waals surface area contributed by atoms with Crippen molar-refractivity contribution in [3.63, 3.8) is 0 Å². The fourth-order valence-corrected chi connectivity index (χ4v) is 1.65. The maximum absolute atomic E-state index is 12.0. The van der Waals surface area contributed by atoms with E-state index in [2.05, 4.69) is 25.7 Å². The lowest BCUT2D eigenvalue weighted by atomic mass is 10.2. The molecule has 2 aromatic rings. The van der Waals surface area contributed by atoms with Gasteiger partial charge in [0.15, 0.2) is 5.84 Å². The molecule has 5 N–H and O–H groups in total. The van der Waals surface area contributed by atoms with Crippen LogP contribution in [-0.2, 0) is 0 Å². The zero-order chi connectivity index (χ0) is 14.7. The number of nitrogens with zero attached hydrogens (tertiary/aromatic N) is 3. The number of H-pyrrole nitrogens is 1. The van der Waals surface area contributed by atoms with Gasteiger partial charge in [-0.15, -0.1) is 0 Å². The molecule has 8 heteroatoms. The molecule has 0 fully saturated rings. The van der Waals surface area contributed by atoms with Gasteiger partial charge in [-0.3, -0.25) is 14.9 Å². The summed E-state index contributed by atoms with van der Waals surface area (Å²) >= 11 is 0. The van der Waals surface area contributed by atoms with Gasteiger partial charge in [-0.25, -0.2) is 0 Å². The first-order chi connectivity index (χ1) is 9.52. The number of carbonyl (C=O) groups excluding carboxylic acids is 1. The van der Waals surface area contributed by atoms with Crippen LogP contribution in [-0.4, -0.2) is 32.1 Å². The molecule has 20 heavy (non-hydrogen) atoms. The number of rotatable bonds is 3. The molecule has 0 saturated carbocycles. The summed E-state index contributed by atoms with van der Waals surface area (Å²) in [6.07, 6.45) is 1.36. The Morgan fingerprint density at radius 1 is 1.45 bits per heavy atom. The Labute approximate surface area is 114 Å². The zero-order valence-corrected chi connectivity index (χ0v) is 11.0. The van der Waals surface area contributed by atoms with Crippen molar-refractivity contribution in [2.45, 2.75) is 13.8 Å². The van der Waals surface area contributed by atoms with Gasteiger partial charge < -0.3 is 16.3 Å². The average molecular weight is 274 g/mol. The fourth-order valence-electron chi connectivity index (χ4n) is 1.65. The Balaban J connectivity index is 2.18. The monoisotopic (exact) mass is 274 g/mol. The molecule has 0 radical (unpaired) electrons. The topological polar surface area (TPSA) is 129 Å². The minimum Gasteiger partial charge on any atom is -0.409 e. The third-order valence-corrected chi connectivity index (χ3v) is 2.77. The normalized spacial score (nSPS) is 11.4. The van der Waals surface area contributed by atoms with Crippen LogP contribution in [0.5, 0.6) is 0 Å². The molecule has 2 aromatic heterocycles. The molecule has 0 aliphatic heterocycles. The molecule has 104 valence electrons. The summed E-state index contributed by atoms with van der Waals surface area (Å²) < 4.78 is 0. The van der Waals surface area contributed by atoms with E-state index in [-0.39, 0.29) is 17.4 Å². The third-order valence-electron chi connectivity index (χ3n) is 2.77. The van der Waals surface area contributed by atoms with Gasteiger partial charge in [0.1, 0.15) is 5.69 Å². The molecule has 0 aliphatic carbocycles. The molecule has 0 aromatic carbocycles. The highest BCUT2D eigenvalue weighted by Crippen LogP contribution is 2.16. The van der Waals surface area contributed by atoms with Crippen molar-refractivity contribution in [2.24, 2.45) is 10.9 Å². The second kappa shape index (κ2) is 5.39. The lowest BCUT2D eigenvalue weighted by Gasteiger charge is -2.05. The predicted octanol–water partition coefficient (Wildman–Crippen LogP) is 0.768. The van der Waals surface area contributed by atoms with Crippen molar-refractivity contribution < 1.29 is 10.0 Å². The van der Waals surface area contributed by atoms with Crippen LogP contribution in [0, 0.1) is 13.8 Å². The second-order valence-electron chi connectivity index (χ2n) is 4.18. The van der Waals surface area contributed by atoms with E-state index in [0.717, 1.165) is 5.69 Å². The summed E-state index contributed by atoms with van der Waals surface area (Å²) in [6, 6.07) is 3.04. The lowest BCUT2D eigenvalue weighted by Crippen LogP contribution is -2.17. The molecule has 0 atom stereocenters. The van der Waals surface area contributed by atoms with Gasteiger partial charge in [-0.05, 0) is 26.0 Å². The molecule has 2 heterocycles. The minimum atomic E-state index is -0.358. The van der Waals surface area contributed by atoms with E-state index < -0.39 is 0 Å². The van der Waals surface area contributed by atoms with Gasteiger partial charge in [0.2, 0.25) is 0 Å². The fraction of sp³-hybridized carbons (Fsp3) is 0.167.